The van der Waals surface area contributed by atoms with Gasteiger partial charge in [-0.1, -0.05) is 6.07 Å². The van der Waals surface area contributed by atoms with Gasteiger partial charge >= 0.3 is 0 Å². The van der Waals surface area contributed by atoms with Crippen LogP contribution in [0, 0.1) is 11.3 Å². The second kappa shape index (κ2) is 5.98. The predicted molar refractivity (Wildman–Crippen MR) is 66.5 cm³/mol. The molecule has 0 spiro atoms. The number of aliphatic hydroxyl groups excluding tert-OH is 3. The van der Waals surface area contributed by atoms with Crippen LogP contribution in [0.25, 0.3) is 0 Å². The Morgan fingerprint density at radius 3 is 2.29 bits per heavy atom. The first-order valence-corrected chi connectivity index (χ1v) is 5.71. The van der Waals surface area contributed by atoms with Crippen LogP contribution in [0.15, 0.2) is 22.7 Å². The number of nitrogens with zero attached hydrogens (tertiary/aromatic N) is 1. The average molecular weight is 301 g/mol. The molecule has 0 amide bonds. The third kappa shape index (κ3) is 2.96. The zero-order valence-corrected chi connectivity index (χ0v) is 10.6. The number of anilines is 1. The van der Waals surface area contributed by atoms with Crippen LogP contribution in [0.5, 0.6) is 0 Å². The summed E-state index contributed by atoms with van der Waals surface area (Å²) >= 11 is 3.23. The molecule has 0 aliphatic heterocycles. The van der Waals surface area contributed by atoms with Gasteiger partial charge in [0.2, 0.25) is 0 Å². The maximum absolute atomic E-state index is 9.19. The average Bonchev–Trinajstić information content (AvgIpc) is 2.36. The van der Waals surface area contributed by atoms with Crippen molar-refractivity contribution in [1.29, 1.82) is 5.26 Å². The van der Waals surface area contributed by atoms with E-state index in [2.05, 4.69) is 21.2 Å². The summed E-state index contributed by atoms with van der Waals surface area (Å²) in [5.74, 6) is 0. The normalized spacial score (nSPS) is 11.0. The highest BCUT2D eigenvalue weighted by Gasteiger charge is 2.28. The molecule has 6 heteroatoms. The van der Waals surface area contributed by atoms with E-state index in [0.29, 0.717) is 15.7 Å². The van der Waals surface area contributed by atoms with Crippen LogP contribution in [-0.4, -0.2) is 40.7 Å². The van der Waals surface area contributed by atoms with Gasteiger partial charge in [0.05, 0.1) is 31.1 Å². The monoisotopic (exact) mass is 300 g/mol. The van der Waals surface area contributed by atoms with Gasteiger partial charge < -0.3 is 20.6 Å². The topological polar surface area (TPSA) is 96.5 Å². The third-order valence-electron chi connectivity index (χ3n) is 2.43. The second-order valence-corrected chi connectivity index (χ2v) is 4.51. The Hall–Kier alpha value is -1.13. The highest BCUT2D eigenvalue weighted by Crippen LogP contribution is 2.26. The largest absolute Gasteiger partial charge is 0.394 e. The minimum absolute atomic E-state index is 0.354. The second-order valence-electron chi connectivity index (χ2n) is 3.65. The Kier molecular flexibility index (Phi) is 4.90. The van der Waals surface area contributed by atoms with Crippen molar-refractivity contribution >= 4 is 21.6 Å². The lowest BCUT2D eigenvalue weighted by Gasteiger charge is -2.30. The fraction of sp³-hybridized carbons (Fsp3) is 0.364. The van der Waals surface area contributed by atoms with E-state index in [9.17, 15) is 15.3 Å². The molecule has 0 unspecified atom stereocenters. The number of hydrogen-bond donors (Lipinski definition) is 4. The Bertz CT molecular complexity index is 419. The summed E-state index contributed by atoms with van der Waals surface area (Å²) in [6, 6.07) is 7.07. The first-order valence-electron chi connectivity index (χ1n) is 4.92. The molecule has 1 aromatic carbocycles. The van der Waals surface area contributed by atoms with E-state index in [4.69, 9.17) is 5.26 Å². The lowest BCUT2D eigenvalue weighted by atomic mass is 10.0. The number of aliphatic hydroxyl groups is 3. The van der Waals surface area contributed by atoms with E-state index >= 15 is 0 Å². The lowest BCUT2D eigenvalue weighted by molar-refractivity contribution is 0.0833. The number of rotatable bonds is 5. The van der Waals surface area contributed by atoms with Crippen molar-refractivity contribution in [2.75, 3.05) is 25.1 Å². The van der Waals surface area contributed by atoms with Gasteiger partial charge in [-0.15, -0.1) is 0 Å². The fourth-order valence-electron chi connectivity index (χ4n) is 1.30. The maximum atomic E-state index is 9.19. The van der Waals surface area contributed by atoms with Gasteiger partial charge in [0.1, 0.15) is 11.6 Å². The van der Waals surface area contributed by atoms with Crippen LogP contribution in [0.2, 0.25) is 0 Å². The molecule has 0 aliphatic carbocycles. The summed E-state index contributed by atoms with van der Waals surface area (Å²) < 4.78 is 0.604. The van der Waals surface area contributed by atoms with Crippen molar-refractivity contribution in [3.05, 3.63) is 28.2 Å². The summed E-state index contributed by atoms with van der Waals surface area (Å²) in [5.41, 5.74) is -0.446. The number of nitriles is 1. The predicted octanol–water partition coefficient (Wildman–Crippen LogP) is 0.448. The van der Waals surface area contributed by atoms with Crippen LogP contribution < -0.4 is 5.32 Å². The highest BCUT2D eigenvalue weighted by atomic mass is 79.9. The number of halogens is 1. The summed E-state index contributed by atoms with van der Waals surface area (Å²) in [7, 11) is 0. The van der Waals surface area contributed by atoms with Crippen LogP contribution in [-0.2, 0) is 0 Å². The summed E-state index contributed by atoms with van der Waals surface area (Å²) in [6.07, 6.45) is 0. The Morgan fingerprint density at radius 2 is 1.82 bits per heavy atom. The maximum Gasteiger partial charge on any atom is 0.107 e. The smallest absolute Gasteiger partial charge is 0.107 e. The highest BCUT2D eigenvalue weighted by molar-refractivity contribution is 9.10. The molecule has 0 atom stereocenters. The van der Waals surface area contributed by atoms with Crippen LogP contribution in [0.3, 0.4) is 0 Å². The standard InChI is InChI=1S/C11H13BrN2O3/c12-9-2-1-3-10(8(9)4-13)14-11(5-15,6-16)7-17/h1-3,14-17H,5-7H2. The summed E-state index contributed by atoms with van der Waals surface area (Å²) in [6.45, 7) is -1.34. The first kappa shape index (κ1) is 13.9. The quantitative estimate of drug-likeness (QED) is 0.633. The van der Waals surface area contributed by atoms with Gasteiger partial charge in [-0.05, 0) is 28.1 Å². The van der Waals surface area contributed by atoms with E-state index in [-0.39, 0.29) is 0 Å². The van der Waals surface area contributed by atoms with Crippen LogP contribution in [0.4, 0.5) is 5.69 Å². The van der Waals surface area contributed by atoms with Gasteiger partial charge in [-0.25, -0.2) is 0 Å². The Morgan fingerprint density at radius 1 is 1.24 bits per heavy atom. The molecule has 0 saturated heterocycles. The number of benzene rings is 1. The van der Waals surface area contributed by atoms with Gasteiger partial charge in [0.25, 0.3) is 0 Å². The third-order valence-corrected chi connectivity index (χ3v) is 3.09. The minimum atomic E-state index is -1.24. The van der Waals surface area contributed by atoms with Gasteiger partial charge in [0.15, 0.2) is 0 Å². The van der Waals surface area contributed by atoms with Crippen LogP contribution in [0.1, 0.15) is 5.56 Å². The molecule has 0 aromatic heterocycles. The van der Waals surface area contributed by atoms with Crippen molar-refractivity contribution in [3.63, 3.8) is 0 Å². The van der Waals surface area contributed by atoms with E-state index in [0.717, 1.165) is 0 Å². The SMILES string of the molecule is N#Cc1c(Br)cccc1NC(CO)(CO)CO. The van der Waals surface area contributed by atoms with E-state index in [1.54, 1.807) is 18.2 Å². The molecule has 0 radical (unpaired) electrons. The van der Waals surface area contributed by atoms with Crippen molar-refractivity contribution in [3.8, 4) is 6.07 Å². The molecule has 0 aliphatic rings. The van der Waals surface area contributed by atoms with E-state index in [1.807, 2.05) is 6.07 Å². The Balaban J connectivity index is 3.10. The van der Waals surface area contributed by atoms with Gasteiger partial charge in [-0.2, -0.15) is 5.26 Å². The zero-order valence-electron chi connectivity index (χ0n) is 9.02. The molecule has 0 fully saturated rings. The molecule has 1 aromatic rings. The van der Waals surface area contributed by atoms with E-state index in [1.165, 1.54) is 0 Å². The molecule has 1 rings (SSSR count). The molecular weight excluding hydrogens is 288 g/mol. The number of nitrogens with one attached hydrogen (secondary N) is 1. The van der Waals surface area contributed by atoms with Crippen LogP contribution >= 0.6 is 15.9 Å². The molecule has 92 valence electrons. The van der Waals surface area contributed by atoms with Gasteiger partial charge in [-0.3, -0.25) is 0 Å². The molecule has 17 heavy (non-hydrogen) atoms. The molecule has 5 nitrogen and oxygen atoms in total. The van der Waals surface area contributed by atoms with Crippen molar-refractivity contribution in [2.45, 2.75) is 5.54 Å². The molecule has 0 saturated carbocycles. The summed E-state index contributed by atoms with van der Waals surface area (Å²) in [4.78, 5) is 0. The van der Waals surface area contributed by atoms with Crippen molar-refractivity contribution < 1.29 is 15.3 Å². The van der Waals surface area contributed by atoms with E-state index < -0.39 is 25.4 Å². The fourth-order valence-corrected chi connectivity index (χ4v) is 1.75. The zero-order chi connectivity index (χ0) is 12.9. The molecule has 0 heterocycles. The Labute approximate surface area is 107 Å². The molecular formula is C11H13BrN2O3. The van der Waals surface area contributed by atoms with Crippen molar-refractivity contribution in [1.82, 2.24) is 0 Å². The minimum Gasteiger partial charge on any atom is -0.394 e. The molecule has 4 N–H and O–H groups in total. The molecule has 0 bridgehead atoms. The lowest BCUT2D eigenvalue weighted by Crippen LogP contribution is -2.49. The number of hydrogen-bond acceptors (Lipinski definition) is 5. The first-order chi connectivity index (χ1) is 8.12. The van der Waals surface area contributed by atoms with Crippen molar-refractivity contribution in [2.24, 2.45) is 0 Å². The summed E-state index contributed by atoms with van der Waals surface area (Å²) in [5, 5.41) is 39.4. The van der Waals surface area contributed by atoms with Gasteiger partial charge in [0, 0.05) is 4.47 Å².